The lowest BCUT2D eigenvalue weighted by Crippen LogP contribution is -2.23. The van der Waals surface area contributed by atoms with E-state index in [1.807, 2.05) is 0 Å². The molecule has 0 bridgehead atoms. The number of benzene rings is 2. The van der Waals surface area contributed by atoms with Crippen LogP contribution >= 0.6 is 0 Å². The van der Waals surface area contributed by atoms with Crippen LogP contribution < -0.4 is 9.62 Å². The number of nitrogens with zero attached hydrogens (tertiary/aromatic N) is 1. The molecule has 0 spiro atoms. The Bertz CT molecular complexity index is 862. The Morgan fingerprint density at radius 3 is 2.17 bits per heavy atom. The normalized spacial score (nSPS) is 14.9. The maximum absolute atomic E-state index is 13.7. The van der Waals surface area contributed by atoms with Gasteiger partial charge in [0.15, 0.2) is 4.90 Å². The van der Waals surface area contributed by atoms with E-state index in [4.69, 9.17) is 0 Å². The molecule has 1 fully saturated rings. The molecule has 0 radical (unpaired) electrons. The van der Waals surface area contributed by atoms with Crippen molar-refractivity contribution in [1.82, 2.24) is 0 Å². The maximum Gasteiger partial charge on any atom is 0.267 e. The van der Waals surface area contributed by atoms with Gasteiger partial charge in [-0.2, -0.15) is 0 Å². The molecule has 3 rings (SSSR count). The predicted molar refractivity (Wildman–Crippen MR) is 85.2 cm³/mol. The number of carbonyl (C=O) groups excluding carboxylic acids is 1. The topological polar surface area (TPSA) is 66.5 Å². The Kier molecular flexibility index (Phi) is 4.23. The molecule has 126 valence electrons. The summed E-state index contributed by atoms with van der Waals surface area (Å²) in [5, 5.41) is 0. The summed E-state index contributed by atoms with van der Waals surface area (Å²) < 4.78 is 53.8. The van der Waals surface area contributed by atoms with Gasteiger partial charge in [-0.15, -0.1) is 0 Å². The number of anilines is 2. The van der Waals surface area contributed by atoms with E-state index in [1.165, 1.54) is 12.1 Å². The van der Waals surface area contributed by atoms with Crippen molar-refractivity contribution in [2.75, 3.05) is 16.2 Å². The molecule has 0 atom stereocenters. The molecule has 24 heavy (non-hydrogen) atoms. The lowest BCUT2D eigenvalue weighted by atomic mass is 10.2. The maximum atomic E-state index is 13.7. The van der Waals surface area contributed by atoms with Gasteiger partial charge in [0.05, 0.1) is 0 Å². The van der Waals surface area contributed by atoms with Gasteiger partial charge in [0.25, 0.3) is 10.0 Å². The molecule has 2 aromatic carbocycles. The molecule has 0 aliphatic carbocycles. The Morgan fingerprint density at radius 1 is 1.00 bits per heavy atom. The first-order valence-corrected chi connectivity index (χ1v) is 8.74. The monoisotopic (exact) mass is 352 g/mol. The second-order valence-electron chi connectivity index (χ2n) is 5.35. The average Bonchev–Trinajstić information content (AvgIpc) is 2.93. The Hall–Kier alpha value is -2.48. The van der Waals surface area contributed by atoms with Gasteiger partial charge in [0.1, 0.15) is 11.6 Å². The molecule has 1 heterocycles. The average molecular weight is 352 g/mol. The van der Waals surface area contributed by atoms with Crippen LogP contribution in [-0.4, -0.2) is 20.9 Å². The zero-order valence-electron chi connectivity index (χ0n) is 12.5. The van der Waals surface area contributed by atoms with Crippen molar-refractivity contribution in [2.45, 2.75) is 17.7 Å². The van der Waals surface area contributed by atoms with Crippen molar-refractivity contribution in [3.05, 3.63) is 54.1 Å². The van der Waals surface area contributed by atoms with Gasteiger partial charge in [0, 0.05) is 24.3 Å². The Labute approximate surface area is 138 Å². The zero-order valence-corrected chi connectivity index (χ0v) is 13.3. The molecule has 0 unspecified atom stereocenters. The number of rotatable bonds is 4. The van der Waals surface area contributed by atoms with E-state index in [1.54, 1.807) is 17.0 Å². The molecule has 0 aromatic heterocycles. The van der Waals surface area contributed by atoms with Gasteiger partial charge in [-0.25, -0.2) is 17.2 Å². The number of hydrogen-bond acceptors (Lipinski definition) is 3. The third-order valence-corrected chi connectivity index (χ3v) is 5.12. The quantitative estimate of drug-likeness (QED) is 0.920. The van der Waals surface area contributed by atoms with Crippen molar-refractivity contribution >= 4 is 27.3 Å². The van der Waals surface area contributed by atoms with E-state index in [2.05, 4.69) is 4.72 Å². The molecule has 1 saturated heterocycles. The molecule has 0 saturated carbocycles. The van der Waals surface area contributed by atoms with Crippen LogP contribution in [-0.2, 0) is 14.8 Å². The van der Waals surface area contributed by atoms with E-state index < -0.39 is 26.6 Å². The van der Waals surface area contributed by atoms with Crippen LogP contribution in [0.4, 0.5) is 20.2 Å². The van der Waals surface area contributed by atoms with Gasteiger partial charge in [-0.05, 0) is 42.8 Å². The lowest BCUT2D eigenvalue weighted by Gasteiger charge is -2.16. The fourth-order valence-corrected chi connectivity index (χ4v) is 3.77. The summed E-state index contributed by atoms with van der Waals surface area (Å²) in [7, 11) is -4.40. The summed E-state index contributed by atoms with van der Waals surface area (Å²) >= 11 is 0. The number of halogens is 2. The molecular weight excluding hydrogens is 338 g/mol. The van der Waals surface area contributed by atoms with Crippen molar-refractivity contribution in [3.63, 3.8) is 0 Å². The van der Waals surface area contributed by atoms with Crippen LogP contribution in [0.15, 0.2) is 47.4 Å². The molecule has 1 N–H and O–H groups in total. The number of sulfonamides is 1. The summed E-state index contributed by atoms with van der Waals surface area (Å²) in [4.78, 5) is 12.3. The fraction of sp³-hybridized carbons (Fsp3) is 0.188. The number of amides is 1. The van der Waals surface area contributed by atoms with E-state index in [-0.39, 0.29) is 11.6 Å². The molecule has 5 nitrogen and oxygen atoms in total. The summed E-state index contributed by atoms with van der Waals surface area (Å²) in [5.74, 6) is -2.32. The van der Waals surface area contributed by atoms with E-state index in [0.717, 1.165) is 24.6 Å². The van der Waals surface area contributed by atoms with Crippen LogP contribution in [0.3, 0.4) is 0 Å². The van der Waals surface area contributed by atoms with Crippen LogP contribution in [0.5, 0.6) is 0 Å². The van der Waals surface area contributed by atoms with Gasteiger partial charge in [-0.3, -0.25) is 9.52 Å². The summed E-state index contributed by atoms with van der Waals surface area (Å²) in [6, 6.07) is 8.89. The second kappa shape index (κ2) is 6.20. The standard InChI is InChI=1S/C16H14F2N2O3S/c17-13-3-1-4-14(18)16(13)24(22,23)19-11-6-8-12(9-7-11)20-10-2-5-15(20)21/h1,3-4,6-9,19H,2,5,10H2. The molecule has 8 heteroatoms. The van der Waals surface area contributed by atoms with Crippen molar-refractivity contribution < 1.29 is 22.0 Å². The highest BCUT2D eigenvalue weighted by molar-refractivity contribution is 7.92. The lowest BCUT2D eigenvalue weighted by molar-refractivity contribution is -0.117. The third-order valence-electron chi connectivity index (χ3n) is 3.69. The van der Waals surface area contributed by atoms with E-state index >= 15 is 0 Å². The summed E-state index contributed by atoms with van der Waals surface area (Å²) in [5.41, 5.74) is 0.797. The van der Waals surface area contributed by atoms with Crippen molar-refractivity contribution in [2.24, 2.45) is 0 Å². The minimum atomic E-state index is -4.40. The number of hydrogen-bond donors (Lipinski definition) is 1. The van der Waals surface area contributed by atoms with Gasteiger partial charge >= 0.3 is 0 Å². The first-order chi connectivity index (χ1) is 11.4. The van der Waals surface area contributed by atoms with Crippen molar-refractivity contribution in [3.8, 4) is 0 Å². The summed E-state index contributed by atoms with van der Waals surface area (Å²) in [6.07, 6.45) is 1.26. The zero-order chi connectivity index (χ0) is 17.3. The second-order valence-corrected chi connectivity index (χ2v) is 6.97. The highest BCUT2D eigenvalue weighted by Gasteiger charge is 2.24. The minimum absolute atomic E-state index is 0.0109. The van der Waals surface area contributed by atoms with E-state index in [0.29, 0.717) is 18.7 Å². The van der Waals surface area contributed by atoms with E-state index in [9.17, 15) is 22.0 Å². The van der Waals surface area contributed by atoms with Crippen LogP contribution in [0.2, 0.25) is 0 Å². The van der Waals surface area contributed by atoms with Crippen molar-refractivity contribution in [1.29, 1.82) is 0 Å². The first-order valence-electron chi connectivity index (χ1n) is 7.26. The highest BCUT2D eigenvalue weighted by atomic mass is 32.2. The Balaban J connectivity index is 1.84. The van der Waals surface area contributed by atoms with Gasteiger partial charge in [0.2, 0.25) is 5.91 Å². The molecular formula is C16H14F2N2O3S. The predicted octanol–water partition coefficient (Wildman–Crippen LogP) is 2.89. The fourth-order valence-electron chi connectivity index (χ4n) is 2.58. The third kappa shape index (κ3) is 3.09. The van der Waals surface area contributed by atoms with Gasteiger partial charge in [-0.1, -0.05) is 6.07 Å². The van der Waals surface area contributed by atoms with Crippen LogP contribution in [0.1, 0.15) is 12.8 Å². The van der Waals surface area contributed by atoms with Crippen LogP contribution in [0.25, 0.3) is 0 Å². The Morgan fingerprint density at radius 2 is 1.62 bits per heavy atom. The highest BCUT2D eigenvalue weighted by Crippen LogP contribution is 2.25. The number of carbonyl (C=O) groups is 1. The molecule has 2 aromatic rings. The smallest absolute Gasteiger partial charge is 0.267 e. The molecule has 1 amide bonds. The molecule has 1 aliphatic heterocycles. The largest absolute Gasteiger partial charge is 0.312 e. The van der Waals surface area contributed by atoms with Crippen LogP contribution in [0, 0.1) is 11.6 Å². The minimum Gasteiger partial charge on any atom is -0.312 e. The SMILES string of the molecule is O=C1CCCN1c1ccc(NS(=O)(=O)c2c(F)cccc2F)cc1. The summed E-state index contributed by atoms with van der Waals surface area (Å²) in [6.45, 7) is 0.615. The molecule has 1 aliphatic rings. The first kappa shape index (κ1) is 16.4. The number of nitrogens with one attached hydrogen (secondary N) is 1. The van der Waals surface area contributed by atoms with Gasteiger partial charge < -0.3 is 4.90 Å².